The Morgan fingerprint density at radius 3 is 2.09 bits per heavy atom. The van der Waals surface area contributed by atoms with Crippen LogP contribution in [0.5, 0.6) is 0 Å². The van der Waals surface area contributed by atoms with E-state index in [2.05, 4.69) is 43.6 Å². The lowest BCUT2D eigenvalue weighted by molar-refractivity contribution is -0.787. The Hall–Kier alpha value is -1.27. The number of nitrogens with one attached hydrogen (secondary N) is 2. The van der Waals surface area contributed by atoms with Gasteiger partial charge in [0, 0.05) is 30.6 Å². The molecule has 2 rings (SSSR count). The maximum absolute atomic E-state index is 13.2. The van der Waals surface area contributed by atoms with Gasteiger partial charge in [0.1, 0.15) is 11.6 Å². The number of rotatable bonds is 2. The van der Waals surface area contributed by atoms with Crippen LogP contribution in [-0.2, 0) is 0 Å². The Morgan fingerprint density at radius 2 is 1.59 bits per heavy atom. The van der Waals surface area contributed by atoms with Gasteiger partial charge in [-0.15, -0.1) is 0 Å². The summed E-state index contributed by atoms with van der Waals surface area (Å²) < 4.78 is 26.4. The summed E-state index contributed by atoms with van der Waals surface area (Å²) in [5.74, 6) is -1.25. The minimum Gasteiger partial charge on any atom is -0.359 e. The van der Waals surface area contributed by atoms with E-state index in [4.69, 9.17) is 12.2 Å². The van der Waals surface area contributed by atoms with Gasteiger partial charge < -0.3 is 16.0 Å². The SMILES string of the molecule is CC1(C)CC(NC(=S)Nc2cc(F)cc(F)c2)CC(C)(C)[NH2+]1. The number of piperidine rings is 1. The molecule has 22 heavy (non-hydrogen) atoms. The molecule has 6 heteroatoms. The standard InChI is InChI=1S/C16H23F2N3S/c1-15(2)8-13(9-16(3,4)21-15)20-14(22)19-12-6-10(17)5-11(18)7-12/h5-7,13,21H,8-9H2,1-4H3,(H2,19,20,22)/p+1. The van der Waals surface area contributed by atoms with Crippen LogP contribution in [0.1, 0.15) is 40.5 Å². The van der Waals surface area contributed by atoms with E-state index in [1.54, 1.807) is 0 Å². The highest BCUT2D eigenvalue weighted by Gasteiger charge is 2.41. The fourth-order valence-corrected chi connectivity index (χ4v) is 3.88. The van der Waals surface area contributed by atoms with Crippen LogP contribution in [0, 0.1) is 11.6 Å². The van der Waals surface area contributed by atoms with Crippen LogP contribution in [-0.4, -0.2) is 22.2 Å². The molecule has 1 heterocycles. The number of anilines is 1. The Bertz CT molecular complexity index is 536. The number of nitrogens with two attached hydrogens (primary N) is 1. The van der Waals surface area contributed by atoms with Crippen LogP contribution in [0.3, 0.4) is 0 Å². The van der Waals surface area contributed by atoms with E-state index in [-0.39, 0.29) is 17.1 Å². The Balaban J connectivity index is 1.99. The van der Waals surface area contributed by atoms with E-state index in [0.29, 0.717) is 10.8 Å². The van der Waals surface area contributed by atoms with Gasteiger partial charge in [-0.25, -0.2) is 8.78 Å². The average Bonchev–Trinajstić information content (AvgIpc) is 2.21. The summed E-state index contributed by atoms with van der Waals surface area (Å²) in [5, 5.41) is 8.91. The molecule has 1 saturated heterocycles. The first-order valence-electron chi connectivity index (χ1n) is 7.45. The van der Waals surface area contributed by atoms with Gasteiger partial charge in [-0.1, -0.05) is 0 Å². The van der Waals surface area contributed by atoms with E-state index >= 15 is 0 Å². The molecular weight excluding hydrogens is 304 g/mol. The fraction of sp³-hybridized carbons (Fsp3) is 0.562. The van der Waals surface area contributed by atoms with E-state index in [0.717, 1.165) is 18.9 Å². The minimum absolute atomic E-state index is 0.125. The first-order chi connectivity index (χ1) is 10.0. The molecular formula is C16H24F2N3S+. The summed E-state index contributed by atoms with van der Waals surface area (Å²) >= 11 is 5.28. The van der Waals surface area contributed by atoms with Gasteiger partial charge >= 0.3 is 0 Å². The summed E-state index contributed by atoms with van der Waals surface area (Å²) in [5.41, 5.74) is 0.566. The zero-order valence-electron chi connectivity index (χ0n) is 13.5. The lowest BCUT2D eigenvalue weighted by Crippen LogP contribution is -3.06. The van der Waals surface area contributed by atoms with Crippen LogP contribution in [0.2, 0.25) is 0 Å². The van der Waals surface area contributed by atoms with E-state index in [1.807, 2.05) is 0 Å². The van der Waals surface area contributed by atoms with Crippen LogP contribution < -0.4 is 16.0 Å². The van der Waals surface area contributed by atoms with E-state index in [1.165, 1.54) is 12.1 Å². The molecule has 0 bridgehead atoms. The zero-order valence-corrected chi connectivity index (χ0v) is 14.3. The molecule has 0 saturated carbocycles. The molecule has 1 aromatic rings. The third-order valence-corrected chi connectivity index (χ3v) is 4.00. The summed E-state index contributed by atoms with van der Waals surface area (Å²) in [6.45, 7) is 8.84. The molecule has 0 spiro atoms. The molecule has 1 fully saturated rings. The Morgan fingerprint density at radius 1 is 1.09 bits per heavy atom. The van der Waals surface area contributed by atoms with Crippen molar-refractivity contribution in [3.63, 3.8) is 0 Å². The highest BCUT2D eigenvalue weighted by Crippen LogP contribution is 2.22. The smallest absolute Gasteiger partial charge is 0.171 e. The van der Waals surface area contributed by atoms with Gasteiger partial charge in [0.25, 0.3) is 0 Å². The molecule has 1 aromatic carbocycles. The Labute approximate surface area is 135 Å². The molecule has 0 radical (unpaired) electrons. The van der Waals surface area contributed by atoms with Crippen molar-refractivity contribution < 1.29 is 14.1 Å². The van der Waals surface area contributed by atoms with Crippen molar-refractivity contribution >= 4 is 23.0 Å². The summed E-state index contributed by atoms with van der Waals surface area (Å²) in [7, 11) is 0. The Kier molecular flexibility index (Phi) is 4.73. The predicted molar refractivity (Wildman–Crippen MR) is 88.8 cm³/mol. The quantitative estimate of drug-likeness (QED) is 0.731. The first kappa shape index (κ1) is 17.1. The summed E-state index contributed by atoms with van der Waals surface area (Å²) in [6.07, 6.45) is 1.94. The highest BCUT2D eigenvalue weighted by atomic mass is 32.1. The normalized spacial score (nSPS) is 20.5. The second-order valence-corrected chi connectivity index (χ2v) is 7.89. The maximum atomic E-state index is 13.2. The molecule has 4 N–H and O–H groups in total. The monoisotopic (exact) mass is 328 g/mol. The third kappa shape index (κ3) is 4.88. The molecule has 0 unspecified atom stereocenters. The number of thiocarbonyl (C=S) groups is 1. The van der Waals surface area contributed by atoms with Gasteiger partial charge in [-0.05, 0) is 52.0 Å². The summed E-state index contributed by atoms with van der Waals surface area (Å²) in [4.78, 5) is 0. The van der Waals surface area contributed by atoms with Gasteiger partial charge in [0.05, 0.1) is 11.1 Å². The fourth-order valence-electron chi connectivity index (χ4n) is 3.60. The van der Waals surface area contributed by atoms with Gasteiger partial charge in [0.15, 0.2) is 5.11 Å². The topological polar surface area (TPSA) is 40.7 Å². The van der Waals surface area contributed by atoms with Crippen molar-refractivity contribution in [3.05, 3.63) is 29.8 Å². The number of halogens is 2. The second kappa shape index (κ2) is 6.08. The predicted octanol–water partition coefficient (Wildman–Crippen LogP) is 2.53. The molecule has 0 amide bonds. The molecule has 3 nitrogen and oxygen atoms in total. The van der Waals surface area contributed by atoms with E-state index < -0.39 is 11.6 Å². The number of hydrogen-bond acceptors (Lipinski definition) is 1. The molecule has 122 valence electrons. The number of hydrogen-bond donors (Lipinski definition) is 3. The molecule has 0 aromatic heterocycles. The second-order valence-electron chi connectivity index (χ2n) is 7.48. The van der Waals surface area contributed by atoms with Crippen molar-refractivity contribution in [3.8, 4) is 0 Å². The largest absolute Gasteiger partial charge is 0.359 e. The van der Waals surface area contributed by atoms with Crippen LogP contribution >= 0.6 is 12.2 Å². The lowest BCUT2D eigenvalue weighted by Gasteiger charge is -2.43. The van der Waals surface area contributed by atoms with Crippen molar-refractivity contribution in [2.45, 2.75) is 57.7 Å². The highest BCUT2D eigenvalue weighted by molar-refractivity contribution is 7.80. The van der Waals surface area contributed by atoms with Crippen molar-refractivity contribution in [2.24, 2.45) is 0 Å². The van der Waals surface area contributed by atoms with Crippen molar-refractivity contribution in [1.29, 1.82) is 0 Å². The lowest BCUT2D eigenvalue weighted by atomic mass is 9.80. The number of quaternary nitrogens is 1. The number of benzene rings is 1. The van der Waals surface area contributed by atoms with Gasteiger partial charge in [-0.3, -0.25) is 0 Å². The van der Waals surface area contributed by atoms with Crippen LogP contribution in [0.4, 0.5) is 14.5 Å². The molecule has 0 atom stereocenters. The molecule has 0 aliphatic carbocycles. The van der Waals surface area contributed by atoms with Gasteiger partial charge in [-0.2, -0.15) is 0 Å². The third-order valence-electron chi connectivity index (χ3n) is 3.78. The van der Waals surface area contributed by atoms with Crippen molar-refractivity contribution in [2.75, 3.05) is 5.32 Å². The van der Waals surface area contributed by atoms with Crippen molar-refractivity contribution in [1.82, 2.24) is 5.32 Å². The first-order valence-corrected chi connectivity index (χ1v) is 7.86. The molecule has 1 aliphatic rings. The minimum atomic E-state index is -0.625. The average molecular weight is 328 g/mol. The summed E-state index contributed by atoms with van der Waals surface area (Å²) in [6, 6.07) is 3.51. The van der Waals surface area contributed by atoms with Crippen LogP contribution in [0.25, 0.3) is 0 Å². The maximum Gasteiger partial charge on any atom is 0.171 e. The van der Waals surface area contributed by atoms with Crippen LogP contribution in [0.15, 0.2) is 18.2 Å². The molecule has 1 aliphatic heterocycles. The zero-order chi connectivity index (χ0) is 16.5. The van der Waals surface area contributed by atoms with E-state index in [9.17, 15) is 8.78 Å². The van der Waals surface area contributed by atoms with Gasteiger partial charge in [0.2, 0.25) is 0 Å².